The third-order valence-electron chi connectivity index (χ3n) is 4.42. The third-order valence-corrected chi connectivity index (χ3v) is 5.24. The van der Waals surface area contributed by atoms with Crippen molar-refractivity contribution in [2.75, 3.05) is 13.7 Å². The van der Waals surface area contributed by atoms with Crippen molar-refractivity contribution in [2.24, 2.45) is 0 Å². The normalized spacial score (nSPS) is 12.2. The lowest BCUT2D eigenvalue weighted by Gasteiger charge is -2.15. The lowest BCUT2D eigenvalue weighted by atomic mass is 10.1. The zero-order valence-electron chi connectivity index (χ0n) is 15.5. The van der Waals surface area contributed by atoms with Crippen LogP contribution in [0.25, 0.3) is 16.7 Å². The highest BCUT2D eigenvalue weighted by Crippen LogP contribution is 2.29. The number of esters is 1. The number of fused-ring (bicyclic) bond motifs is 1. The summed E-state index contributed by atoms with van der Waals surface area (Å²) in [5, 5.41) is 2.85. The highest BCUT2D eigenvalue weighted by Gasteiger charge is 2.17. The molecule has 0 aliphatic carbocycles. The predicted molar refractivity (Wildman–Crippen MR) is 108 cm³/mol. The molecule has 0 saturated heterocycles. The first-order chi connectivity index (χ1) is 13.7. The number of methoxy groups -OCH3 is 1. The molecule has 4 aromatic rings. The van der Waals surface area contributed by atoms with Crippen LogP contribution in [-0.2, 0) is 9.47 Å². The van der Waals surface area contributed by atoms with Gasteiger partial charge in [0.1, 0.15) is 17.4 Å². The Labute approximate surface area is 166 Å². The Kier molecular flexibility index (Phi) is 5.18. The van der Waals surface area contributed by atoms with E-state index in [4.69, 9.17) is 9.47 Å². The first kappa shape index (κ1) is 18.3. The molecule has 28 heavy (non-hydrogen) atoms. The number of benzene rings is 2. The van der Waals surface area contributed by atoms with Gasteiger partial charge < -0.3 is 9.47 Å². The largest absolute Gasteiger partial charge is 0.462 e. The van der Waals surface area contributed by atoms with Gasteiger partial charge in [0.25, 0.3) is 0 Å². The molecular formula is C21H19N3O3S. The van der Waals surface area contributed by atoms with E-state index in [0.29, 0.717) is 12.2 Å². The van der Waals surface area contributed by atoms with Crippen LogP contribution < -0.4 is 0 Å². The summed E-state index contributed by atoms with van der Waals surface area (Å²) < 4.78 is 12.7. The lowest BCUT2D eigenvalue weighted by molar-refractivity contribution is 0.0526. The molecule has 2 aromatic carbocycles. The monoisotopic (exact) mass is 393 g/mol. The van der Waals surface area contributed by atoms with Gasteiger partial charge in [-0.15, -0.1) is 11.3 Å². The summed E-state index contributed by atoms with van der Waals surface area (Å²) in [5.74, 6) is -0.340. The molecule has 0 bridgehead atoms. The second-order valence-corrected chi connectivity index (χ2v) is 7.05. The molecule has 142 valence electrons. The number of aromatic nitrogens is 3. The third kappa shape index (κ3) is 3.42. The van der Waals surface area contributed by atoms with Crippen molar-refractivity contribution in [1.82, 2.24) is 14.5 Å². The summed E-state index contributed by atoms with van der Waals surface area (Å²) in [6.07, 6.45) is 3.31. The van der Waals surface area contributed by atoms with Crippen LogP contribution in [0, 0.1) is 0 Å². The summed E-state index contributed by atoms with van der Waals surface area (Å²) >= 11 is 1.57. The van der Waals surface area contributed by atoms with E-state index in [1.165, 1.54) is 0 Å². The van der Waals surface area contributed by atoms with Crippen molar-refractivity contribution >= 4 is 28.3 Å². The molecule has 2 heterocycles. The molecule has 7 heteroatoms. The SMILES string of the molecule is CCOC(=O)c1ccc2c(c1)ncn2-c1cccc(C(OC)c2nccs2)c1. The zero-order chi connectivity index (χ0) is 19.5. The Hall–Kier alpha value is -3.03. The fourth-order valence-electron chi connectivity index (χ4n) is 3.14. The summed E-state index contributed by atoms with van der Waals surface area (Å²) in [5.41, 5.74) is 4.12. The standard InChI is InChI=1S/C21H19N3O3S/c1-3-27-21(25)15-7-8-18-17(12-15)23-13-24(18)16-6-4-5-14(11-16)19(26-2)20-22-9-10-28-20/h4-13,19H,3H2,1-2H3. The maximum atomic E-state index is 12.0. The highest BCUT2D eigenvalue weighted by atomic mass is 32.1. The van der Waals surface area contributed by atoms with Gasteiger partial charge in [0, 0.05) is 24.4 Å². The molecule has 1 unspecified atom stereocenters. The van der Waals surface area contributed by atoms with Gasteiger partial charge in [-0.2, -0.15) is 0 Å². The number of ether oxygens (including phenoxy) is 2. The molecule has 0 N–H and O–H groups in total. The zero-order valence-corrected chi connectivity index (χ0v) is 16.3. The minimum Gasteiger partial charge on any atom is -0.462 e. The van der Waals surface area contributed by atoms with Crippen LogP contribution in [0.15, 0.2) is 60.4 Å². The molecule has 0 amide bonds. The Morgan fingerprint density at radius 2 is 2.11 bits per heavy atom. The highest BCUT2D eigenvalue weighted by molar-refractivity contribution is 7.09. The fraction of sp³-hybridized carbons (Fsp3) is 0.190. The van der Waals surface area contributed by atoms with E-state index < -0.39 is 0 Å². The van der Waals surface area contributed by atoms with E-state index in [1.807, 2.05) is 34.2 Å². The number of carbonyl (C=O) groups excluding carboxylic acids is 1. The summed E-state index contributed by atoms with van der Waals surface area (Å²) in [7, 11) is 1.68. The van der Waals surface area contributed by atoms with Crippen molar-refractivity contribution in [3.63, 3.8) is 0 Å². The van der Waals surface area contributed by atoms with Crippen LogP contribution in [-0.4, -0.2) is 34.2 Å². The Morgan fingerprint density at radius 1 is 1.21 bits per heavy atom. The summed E-state index contributed by atoms with van der Waals surface area (Å²) in [6, 6.07) is 13.5. The van der Waals surface area contributed by atoms with Gasteiger partial charge in [-0.3, -0.25) is 4.57 Å². The molecule has 0 aliphatic rings. The van der Waals surface area contributed by atoms with Gasteiger partial charge in [-0.1, -0.05) is 12.1 Å². The maximum Gasteiger partial charge on any atom is 0.338 e. The smallest absolute Gasteiger partial charge is 0.338 e. The van der Waals surface area contributed by atoms with Gasteiger partial charge in [-0.05, 0) is 42.8 Å². The van der Waals surface area contributed by atoms with Crippen LogP contribution in [0.3, 0.4) is 0 Å². The Bertz CT molecular complexity index is 1110. The number of hydrogen-bond donors (Lipinski definition) is 0. The number of carbonyl (C=O) groups is 1. The fourth-order valence-corrected chi connectivity index (χ4v) is 3.88. The number of nitrogens with zero attached hydrogens (tertiary/aromatic N) is 3. The molecule has 0 spiro atoms. The van der Waals surface area contributed by atoms with Crippen LogP contribution in [0.4, 0.5) is 0 Å². The van der Waals surface area contributed by atoms with E-state index in [0.717, 1.165) is 27.3 Å². The molecule has 6 nitrogen and oxygen atoms in total. The number of hydrogen-bond acceptors (Lipinski definition) is 6. The minimum atomic E-state index is -0.340. The maximum absolute atomic E-state index is 12.0. The topological polar surface area (TPSA) is 66.2 Å². The van der Waals surface area contributed by atoms with Gasteiger partial charge in [0.15, 0.2) is 0 Å². The average molecular weight is 393 g/mol. The molecule has 4 rings (SSSR count). The Morgan fingerprint density at radius 3 is 2.86 bits per heavy atom. The minimum absolute atomic E-state index is 0.217. The van der Waals surface area contributed by atoms with Crippen LogP contribution in [0.1, 0.15) is 34.0 Å². The molecule has 0 aliphatic heterocycles. The molecule has 0 fully saturated rings. The van der Waals surface area contributed by atoms with Gasteiger partial charge >= 0.3 is 5.97 Å². The van der Waals surface area contributed by atoms with Gasteiger partial charge in [0.2, 0.25) is 0 Å². The molecular weight excluding hydrogens is 374 g/mol. The molecule has 0 radical (unpaired) electrons. The van der Waals surface area contributed by atoms with Crippen molar-refractivity contribution in [1.29, 1.82) is 0 Å². The first-order valence-electron chi connectivity index (χ1n) is 8.88. The van der Waals surface area contributed by atoms with Gasteiger partial charge in [0.05, 0.1) is 23.2 Å². The quantitative estimate of drug-likeness (QED) is 0.455. The second-order valence-electron chi connectivity index (χ2n) is 6.12. The van der Waals surface area contributed by atoms with Crippen molar-refractivity contribution in [3.05, 3.63) is 76.5 Å². The van der Waals surface area contributed by atoms with Crippen LogP contribution >= 0.6 is 11.3 Å². The molecule has 1 atom stereocenters. The number of thiazole rings is 1. The summed E-state index contributed by atoms with van der Waals surface area (Å²) in [6.45, 7) is 2.13. The van der Waals surface area contributed by atoms with E-state index >= 15 is 0 Å². The van der Waals surface area contributed by atoms with E-state index in [-0.39, 0.29) is 12.1 Å². The second kappa shape index (κ2) is 7.92. The van der Waals surface area contributed by atoms with Crippen LogP contribution in [0.5, 0.6) is 0 Å². The van der Waals surface area contributed by atoms with Gasteiger partial charge in [-0.25, -0.2) is 14.8 Å². The van der Waals surface area contributed by atoms with E-state index in [1.54, 1.807) is 50.0 Å². The number of imidazole rings is 1. The van der Waals surface area contributed by atoms with Crippen molar-refractivity contribution in [2.45, 2.75) is 13.0 Å². The first-order valence-corrected chi connectivity index (χ1v) is 9.76. The number of rotatable bonds is 6. The van der Waals surface area contributed by atoms with Crippen molar-refractivity contribution in [3.8, 4) is 5.69 Å². The molecule has 0 saturated carbocycles. The Balaban J connectivity index is 1.71. The average Bonchev–Trinajstić information content (AvgIpc) is 3.38. The van der Waals surface area contributed by atoms with E-state index in [2.05, 4.69) is 16.0 Å². The van der Waals surface area contributed by atoms with Crippen molar-refractivity contribution < 1.29 is 14.3 Å². The summed E-state index contributed by atoms with van der Waals surface area (Å²) in [4.78, 5) is 20.8. The van der Waals surface area contributed by atoms with E-state index in [9.17, 15) is 4.79 Å². The predicted octanol–water partition coefficient (Wildman–Crippen LogP) is 4.39. The van der Waals surface area contributed by atoms with Crippen LogP contribution in [0.2, 0.25) is 0 Å². The lowest BCUT2D eigenvalue weighted by Crippen LogP contribution is -2.05. The molecule has 2 aromatic heterocycles.